The fraction of sp³-hybridized carbons (Fsp3) is 0.278. The molecule has 0 saturated heterocycles. The van der Waals surface area contributed by atoms with Crippen molar-refractivity contribution in [1.82, 2.24) is 0 Å². The van der Waals surface area contributed by atoms with Crippen LogP contribution in [0.2, 0.25) is 5.02 Å². The zero-order chi connectivity index (χ0) is 21.9. The van der Waals surface area contributed by atoms with E-state index in [9.17, 15) is 23.3 Å². The molecule has 1 N–H and O–H groups in total. The number of ether oxygens (including phenoxy) is 1. The Labute approximate surface area is 173 Å². The van der Waals surface area contributed by atoms with Crippen molar-refractivity contribution in [3.63, 3.8) is 0 Å². The number of aryl methyl sites for hydroxylation is 1. The highest BCUT2D eigenvalue weighted by Gasteiger charge is 2.32. The van der Waals surface area contributed by atoms with Gasteiger partial charge >= 0.3 is 0 Å². The minimum Gasteiger partial charge on any atom is -0.495 e. The van der Waals surface area contributed by atoms with Gasteiger partial charge in [-0.3, -0.25) is 19.2 Å². The van der Waals surface area contributed by atoms with Gasteiger partial charge in [0.05, 0.1) is 29.7 Å². The van der Waals surface area contributed by atoms with Crippen LogP contribution in [0.4, 0.5) is 17.1 Å². The number of non-ortho nitro benzene ring substituents is 1. The lowest BCUT2D eigenvalue weighted by Gasteiger charge is -2.29. The number of hydrogen-bond acceptors (Lipinski definition) is 6. The Morgan fingerprint density at radius 3 is 2.48 bits per heavy atom. The Hall–Kier alpha value is -2.85. The van der Waals surface area contributed by atoms with Crippen molar-refractivity contribution < 1.29 is 22.9 Å². The molecule has 0 heterocycles. The van der Waals surface area contributed by atoms with Crippen LogP contribution in [-0.4, -0.2) is 38.7 Å². The molecule has 2 aromatic carbocycles. The molecule has 0 aliphatic heterocycles. The second-order valence-corrected chi connectivity index (χ2v) is 8.59. The summed E-state index contributed by atoms with van der Waals surface area (Å²) in [5.41, 5.74) is 0.695. The van der Waals surface area contributed by atoms with Crippen molar-refractivity contribution >= 4 is 44.6 Å². The molecule has 0 aromatic heterocycles. The lowest BCUT2D eigenvalue weighted by atomic mass is 10.1. The van der Waals surface area contributed by atoms with Gasteiger partial charge in [0.2, 0.25) is 15.9 Å². The molecule has 11 heteroatoms. The number of carbonyl (C=O) groups is 1. The number of nitro groups is 1. The van der Waals surface area contributed by atoms with E-state index in [0.717, 1.165) is 10.6 Å². The van der Waals surface area contributed by atoms with E-state index in [1.807, 2.05) is 0 Å². The quantitative estimate of drug-likeness (QED) is 0.519. The monoisotopic (exact) mass is 441 g/mol. The highest BCUT2D eigenvalue weighted by Crippen LogP contribution is 2.34. The molecule has 0 saturated carbocycles. The van der Waals surface area contributed by atoms with Gasteiger partial charge in [0.25, 0.3) is 5.69 Å². The van der Waals surface area contributed by atoms with Crippen LogP contribution in [0.25, 0.3) is 0 Å². The minimum atomic E-state index is -3.91. The zero-order valence-electron chi connectivity index (χ0n) is 16.2. The molecule has 0 bridgehead atoms. The third-order valence-electron chi connectivity index (χ3n) is 4.16. The number of amides is 1. The summed E-state index contributed by atoms with van der Waals surface area (Å²) in [6.07, 6.45) is 0.954. The molecular formula is C18H20ClN3O6S. The Kier molecular flexibility index (Phi) is 6.70. The smallest absolute Gasteiger partial charge is 0.271 e. The van der Waals surface area contributed by atoms with Gasteiger partial charge in [-0.15, -0.1) is 0 Å². The second-order valence-electron chi connectivity index (χ2n) is 6.30. The Bertz CT molecular complexity index is 1060. The summed E-state index contributed by atoms with van der Waals surface area (Å²) >= 11 is 6.01. The Balaban J connectivity index is 2.45. The SMILES string of the molecule is COc1ccc(Cl)cc1N(C(C)C(=O)Nc1cc([N+](=O)[O-])ccc1C)S(C)(=O)=O. The van der Waals surface area contributed by atoms with E-state index in [2.05, 4.69) is 5.32 Å². The number of methoxy groups -OCH3 is 1. The van der Waals surface area contributed by atoms with Gasteiger partial charge in [0.1, 0.15) is 11.8 Å². The van der Waals surface area contributed by atoms with E-state index in [1.165, 1.54) is 50.4 Å². The molecule has 1 unspecified atom stereocenters. The van der Waals surface area contributed by atoms with Gasteiger partial charge in [0, 0.05) is 17.2 Å². The minimum absolute atomic E-state index is 0.0981. The molecule has 2 aromatic rings. The number of carbonyl (C=O) groups excluding carboxylic acids is 1. The maximum Gasteiger partial charge on any atom is 0.271 e. The molecule has 0 fully saturated rings. The highest BCUT2D eigenvalue weighted by atomic mass is 35.5. The normalized spacial score (nSPS) is 12.2. The van der Waals surface area contributed by atoms with Crippen LogP contribution in [0, 0.1) is 17.0 Å². The van der Waals surface area contributed by atoms with Gasteiger partial charge in [0.15, 0.2) is 0 Å². The van der Waals surface area contributed by atoms with Gasteiger partial charge in [-0.1, -0.05) is 17.7 Å². The van der Waals surface area contributed by atoms with Crippen molar-refractivity contribution in [3.05, 3.63) is 57.1 Å². The largest absolute Gasteiger partial charge is 0.495 e. The van der Waals surface area contributed by atoms with Gasteiger partial charge in [-0.25, -0.2) is 8.42 Å². The average Bonchev–Trinajstić information content (AvgIpc) is 2.62. The van der Waals surface area contributed by atoms with E-state index in [4.69, 9.17) is 16.3 Å². The number of hydrogen-bond donors (Lipinski definition) is 1. The van der Waals surface area contributed by atoms with Crippen LogP contribution in [0.5, 0.6) is 5.75 Å². The summed E-state index contributed by atoms with van der Waals surface area (Å²) in [7, 11) is -2.54. The molecule has 0 spiro atoms. The third-order valence-corrected chi connectivity index (χ3v) is 5.62. The van der Waals surface area contributed by atoms with Crippen LogP contribution in [0.15, 0.2) is 36.4 Å². The molecule has 1 amide bonds. The summed E-state index contributed by atoms with van der Waals surface area (Å²) < 4.78 is 31.1. The Morgan fingerprint density at radius 1 is 1.28 bits per heavy atom. The summed E-state index contributed by atoms with van der Waals surface area (Å²) in [5.74, 6) is -0.466. The van der Waals surface area contributed by atoms with Crippen molar-refractivity contribution in [2.45, 2.75) is 19.9 Å². The Morgan fingerprint density at radius 2 is 1.93 bits per heavy atom. The van der Waals surface area contributed by atoms with E-state index in [0.29, 0.717) is 5.56 Å². The molecular weight excluding hydrogens is 422 g/mol. The second kappa shape index (κ2) is 8.66. The van der Waals surface area contributed by atoms with Crippen molar-refractivity contribution in [1.29, 1.82) is 0 Å². The van der Waals surface area contributed by atoms with Gasteiger partial charge in [-0.2, -0.15) is 0 Å². The molecule has 0 aliphatic rings. The van der Waals surface area contributed by atoms with Crippen LogP contribution >= 0.6 is 11.6 Å². The zero-order valence-corrected chi connectivity index (χ0v) is 17.7. The van der Waals surface area contributed by atoms with E-state index in [1.54, 1.807) is 6.92 Å². The molecule has 0 aliphatic carbocycles. The maximum absolute atomic E-state index is 12.8. The summed E-state index contributed by atoms with van der Waals surface area (Å²) in [6, 6.07) is 7.22. The van der Waals surface area contributed by atoms with E-state index >= 15 is 0 Å². The summed E-state index contributed by atoms with van der Waals surface area (Å²) in [5, 5.41) is 13.8. The lowest BCUT2D eigenvalue weighted by molar-refractivity contribution is -0.384. The molecule has 29 heavy (non-hydrogen) atoms. The summed E-state index contributed by atoms with van der Waals surface area (Å²) in [4.78, 5) is 23.2. The highest BCUT2D eigenvalue weighted by molar-refractivity contribution is 7.92. The average molecular weight is 442 g/mol. The third kappa shape index (κ3) is 5.15. The van der Waals surface area contributed by atoms with Crippen molar-refractivity contribution in [2.75, 3.05) is 23.0 Å². The lowest BCUT2D eigenvalue weighted by Crippen LogP contribution is -2.45. The van der Waals surface area contributed by atoms with Crippen LogP contribution < -0.4 is 14.4 Å². The van der Waals surface area contributed by atoms with Crippen LogP contribution in [-0.2, 0) is 14.8 Å². The number of anilines is 2. The molecule has 0 radical (unpaired) electrons. The number of sulfonamides is 1. The first-order valence-corrected chi connectivity index (χ1v) is 10.6. The first-order chi connectivity index (χ1) is 13.5. The predicted molar refractivity (Wildman–Crippen MR) is 111 cm³/mol. The van der Waals surface area contributed by atoms with Crippen molar-refractivity contribution in [3.8, 4) is 5.75 Å². The fourth-order valence-corrected chi connectivity index (χ4v) is 4.05. The number of nitrogens with zero attached hydrogens (tertiary/aromatic N) is 2. The molecule has 1 atom stereocenters. The maximum atomic E-state index is 12.8. The number of nitrogens with one attached hydrogen (secondary N) is 1. The van der Waals surface area contributed by atoms with E-state index in [-0.39, 0.29) is 27.8 Å². The van der Waals surface area contributed by atoms with Crippen LogP contribution in [0.1, 0.15) is 12.5 Å². The summed E-state index contributed by atoms with van der Waals surface area (Å²) in [6.45, 7) is 3.06. The fourth-order valence-electron chi connectivity index (χ4n) is 2.71. The molecule has 9 nitrogen and oxygen atoms in total. The number of halogens is 1. The standard InChI is InChI=1S/C18H20ClN3O6S/c1-11-5-7-14(22(24)25)10-15(11)20-18(23)12(2)21(29(4,26)27)16-9-13(19)6-8-17(16)28-3/h5-10,12H,1-4H3,(H,20,23). The molecule has 156 valence electrons. The number of rotatable bonds is 7. The van der Waals surface area contributed by atoms with E-state index < -0.39 is 26.9 Å². The van der Waals surface area contributed by atoms with Gasteiger partial charge in [-0.05, 0) is 37.6 Å². The first-order valence-electron chi connectivity index (χ1n) is 8.34. The molecule has 2 rings (SSSR count). The topological polar surface area (TPSA) is 119 Å². The first kappa shape index (κ1) is 22.4. The van der Waals surface area contributed by atoms with Crippen LogP contribution in [0.3, 0.4) is 0 Å². The number of nitro benzene ring substituents is 1. The van der Waals surface area contributed by atoms with Gasteiger partial charge < -0.3 is 10.1 Å². The number of benzene rings is 2. The van der Waals surface area contributed by atoms with Crippen molar-refractivity contribution in [2.24, 2.45) is 0 Å². The predicted octanol–water partition coefficient (Wildman–Crippen LogP) is 3.36.